The Morgan fingerprint density at radius 2 is 1.67 bits per heavy atom. The van der Waals surface area contributed by atoms with Crippen LogP contribution in [0.1, 0.15) is 5.56 Å². The van der Waals surface area contributed by atoms with Crippen LogP contribution in [0.3, 0.4) is 0 Å². The standard InChI is InChI=1S/C15H17NO2/c1-12-7-8-15(14(16)11-12)18-10-9-17-13-5-3-2-4-6-13/h2-8,11H,9-10,16H2,1H3. The highest BCUT2D eigenvalue weighted by Gasteiger charge is 2.00. The number of hydrogen-bond acceptors (Lipinski definition) is 3. The van der Waals surface area contributed by atoms with Crippen molar-refractivity contribution in [3.05, 3.63) is 54.1 Å². The zero-order valence-corrected chi connectivity index (χ0v) is 10.4. The maximum Gasteiger partial charge on any atom is 0.142 e. The molecule has 94 valence electrons. The van der Waals surface area contributed by atoms with Crippen LogP contribution in [-0.4, -0.2) is 13.2 Å². The van der Waals surface area contributed by atoms with Crippen molar-refractivity contribution < 1.29 is 9.47 Å². The van der Waals surface area contributed by atoms with Gasteiger partial charge in [-0.1, -0.05) is 24.3 Å². The molecule has 0 radical (unpaired) electrons. The quantitative estimate of drug-likeness (QED) is 0.648. The summed E-state index contributed by atoms with van der Waals surface area (Å²) < 4.78 is 11.1. The second-order valence-electron chi connectivity index (χ2n) is 4.05. The molecule has 2 aromatic rings. The normalized spacial score (nSPS) is 10.1. The predicted molar refractivity (Wildman–Crippen MR) is 73.0 cm³/mol. The predicted octanol–water partition coefficient (Wildman–Crippen LogP) is 3.04. The van der Waals surface area contributed by atoms with Gasteiger partial charge in [0.1, 0.15) is 24.7 Å². The fraction of sp³-hybridized carbons (Fsp3) is 0.200. The topological polar surface area (TPSA) is 44.5 Å². The van der Waals surface area contributed by atoms with Crippen LogP contribution in [0.4, 0.5) is 5.69 Å². The summed E-state index contributed by atoms with van der Waals surface area (Å²) in [6.45, 7) is 2.97. The number of aryl methyl sites for hydroxylation is 1. The van der Waals surface area contributed by atoms with Crippen LogP contribution in [0.25, 0.3) is 0 Å². The van der Waals surface area contributed by atoms with E-state index in [1.165, 1.54) is 0 Å². The summed E-state index contributed by atoms with van der Waals surface area (Å²) in [4.78, 5) is 0. The van der Waals surface area contributed by atoms with Gasteiger partial charge < -0.3 is 15.2 Å². The molecule has 0 bridgehead atoms. The number of hydrogen-bond donors (Lipinski definition) is 1. The minimum Gasteiger partial charge on any atom is -0.490 e. The molecule has 0 spiro atoms. The molecule has 2 rings (SSSR count). The van der Waals surface area contributed by atoms with Gasteiger partial charge in [-0.2, -0.15) is 0 Å². The van der Waals surface area contributed by atoms with E-state index in [1.54, 1.807) is 0 Å². The van der Waals surface area contributed by atoms with Crippen molar-refractivity contribution in [1.82, 2.24) is 0 Å². The van der Waals surface area contributed by atoms with Gasteiger partial charge in [-0.25, -0.2) is 0 Å². The molecule has 3 nitrogen and oxygen atoms in total. The van der Waals surface area contributed by atoms with Gasteiger partial charge in [0.2, 0.25) is 0 Å². The first-order valence-electron chi connectivity index (χ1n) is 5.92. The van der Waals surface area contributed by atoms with Gasteiger partial charge in [-0.15, -0.1) is 0 Å². The molecule has 3 heteroatoms. The van der Waals surface area contributed by atoms with Gasteiger partial charge >= 0.3 is 0 Å². The summed E-state index contributed by atoms with van der Waals surface area (Å²) in [6.07, 6.45) is 0. The van der Waals surface area contributed by atoms with Crippen LogP contribution >= 0.6 is 0 Å². The molecule has 0 saturated heterocycles. The highest BCUT2D eigenvalue weighted by molar-refractivity contribution is 5.53. The lowest BCUT2D eigenvalue weighted by Gasteiger charge is -2.10. The van der Waals surface area contributed by atoms with E-state index in [1.807, 2.05) is 55.5 Å². The number of nitrogens with two attached hydrogens (primary N) is 1. The van der Waals surface area contributed by atoms with E-state index in [-0.39, 0.29) is 0 Å². The molecular weight excluding hydrogens is 226 g/mol. The summed E-state index contributed by atoms with van der Waals surface area (Å²) in [5, 5.41) is 0. The molecule has 0 aromatic heterocycles. The van der Waals surface area contributed by atoms with Gasteiger partial charge in [0.25, 0.3) is 0 Å². The SMILES string of the molecule is Cc1ccc(OCCOc2ccccc2)c(N)c1. The molecule has 0 aliphatic heterocycles. The minimum atomic E-state index is 0.474. The highest BCUT2D eigenvalue weighted by Crippen LogP contribution is 2.21. The maximum absolute atomic E-state index is 5.85. The summed E-state index contributed by atoms with van der Waals surface area (Å²) in [5.41, 5.74) is 7.64. The fourth-order valence-corrected chi connectivity index (χ4v) is 1.63. The summed E-state index contributed by atoms with van der Waals surface area (Å²) in [5.74, 6) is 1.55. The molecule has 0 saturated carbocycles. The first-order chi connectivity index (χ1) is 8.75. The Morgan fingerprint density at radius 3 is 2.39 bits per heavy atom. The van der Waals surface area contributed by atoms with Crippen molar-refractivity contribution >= 4 is 5.69 Å². The van der Waals surface area contributed by atoms with E-state index < -0.39 is 0 Å². The van der Waals surface area contributed by atoms with Gasteiger partial charge in [0.15, 0.2) is 0 Å². The smallest absolute Gasteiger partial charge is 0.142 e. The number of rotatable bonds is 5. The lowest BCUT2D eigenvalue weighted by molar-refractivity contribution is 0.218. The van der Waals surface area contributed by atoms with E-state index in [9.17, 15) is 0 Å². The molecule has 0 unspecified atom stereocenters. The average Bonchev–Trinajstić information content (AvgIpc) is 2.38. The lowest BCUT2D eigenvalue weighted by Crippen LogP contribution is -2.09. The van der Waals surface area contributed by atoms with E-state index in [0.29, 0.717) is 24.7 Å². The van der Waals surface area contributed by atoms with Crippen molar-refractivity contribution in [2.75, 3.05) is 18.9 Å². The Morgan fingerprint density at radius 1 is 0.944 bits per heavy atom. The number of ether oxygens (including phenoxy) is 2. The van der Waals surface area contributed by atoms with Crippen LogP contribution in [0.15, 0.2) is 48.5 Å². The average molecular weight is 243 g/mol. The Hall–Kier alpha value is -2.16. The summed E-state index contributed by atoms with van der Waals surface area (Å²) >= 11 is 0. The third-order valence-electron chi connectivity index (χ3n) is 2.52. The molecule has 0 aliphatic rings. The minimum absolute atomic E-state index is 0.474. The van der Waals surface area contributed by atoms with Crippen molar-refractivity contribution in [2.24, 2.45) is 0 Å². The highest BCUT2D eigenvalue weighted by atomic mass is 16.5. The monoisotopic (exact) mass is 243 g/mol. The molecule has 0 fully saturated rings. The van der Waals surface area contributed by atoms with E-state index in [0.717, 1.165) is 11.3 Å². The van der Waals surface area contributed by atoms with Gasteiger partial charge in [0, 0.05) is 0 Å². The van der Waals surface area contributed by atoms with Crippen molar-refractivity contribution in [1.29, 1.82) is 0 Å². The van der Waals surface area contributed by atoms with Crippen molar-refractivity contribution in [3.63, 3.8) is 0 Å². The molecule has 18 heavy (non-hydrogen) atoms. The Kier molecular flexibility index (Phi) is 4.07. The zero-order chi connectivity index (χ0) is 12.8. The number of anilines is 1. The Balaban J connectivity index is 1.79. The van der Waals surface area contributed by atoms with E-state index >= 15 is 0 Å². The third-order valence-corrected chi connectivity index (χ3v) is 2.52. The first-order valence-corrected chi connectivity index (χ1v) is 5.92. The first kappa shape index (κ1) is 12.3. The molecule has 0 aliphatic carbocycles. The molecule has 2 aromatic carbocycles. The number of para-hydroxylation sites is 1. The van der Waals surface area contributed by atoms with Crippen LogP contribution in [-0.2, 0) is 0 Å². The van der Waals surface area contributed by atoms with Gasteiger partial charge in [0.05, 0.1) is 5.69 Å². The summed E-state index contributed by atoms with van der Waals surface area (Å²) in [6, 6.07) is 15.4. The van der Waals surface area contributed by atoms with Crippen LogP contribution in [0.2, 0.25) is 0 Å². The van der Waals surface area contributed by atoms with Gasteiger partial charge in [-0.05, 0) is 36.8 Å². The second kappa shape index (κ2) is 5.96. The molecule has 0 heterocycles. The molecular formula is C15H17NO2. The molecule has 2 N–H and O–H groups in total. The third kappa shape index (κ3) is 3.42. The van der Waals surface area contributed by atoms with Crippen LogP contribution < -0.4 is 15.2 Å². The zero-order valence-electron chi connectivity index (χ0n) is 10.4. The second-order valence-corrected chi connectivity index (χ2v) is 4.05. The maximum atomic E-state index is 5.85. The molecule has 0 amide bonds. The van der Waals surface area contributed by atoms with Gasteiger partial charge in [-0.3, -0.25) is 0 Å². The largest absolute Gasteiger partial charge is 0.490 e. The number of nitrogen functional groups attached to an aromatic ring is 1. The van der Waals surface area contributed by atoms with E-state index in [2.05, 4.69) is 0 Å². The molecule has 0 atom stereocenters. The Labute approximate surface area is 107 Å². The number of benzene rings is 2. The fourth-order valence-electron chi connectivity index (χ4n) is 1.63. The lowest BCUT2D eigenvalue weighted by atomic mass is 10.2. The van der Waals surface area contributed by atoms with Crippen LogP contribution in [0.5, 0.6) is 11.5 Å². The Bertz CT molecular complexity index is 497. The van der Waals surface area contributed by atoms with Crippen LogP contribution in [0, 0.1) is 6.92 Å². The van der Waals surface area contributed by atoms with E-state index in [4.69, 9.17) is 15.2 Å². The summed E-state index contributed by atoms with van der Waals surface area (Å²) in [7, 11) is 0. The van der Waals surface area contributed by atoms with Crippen molar-refractivity contribution in [3.8, 4) is 11.5 Å². The van der Waals surface area contributed by atoms with Crippen molar-refractivity contribution in [2.45, 2.75) is 6.92 Å².